The van der Waals surface area contributed by atoms with Gasteiger partial charge in [-0.05, 0) is 18.2 Å². The van der Waals surface area contributed by atoms with Crippen LogP contribution in [0.5, 0.6) is 0 Å². The van der Waals surface area contributed by atoms with Gasteiger partial charge in [0, 0.05) is 32.1 Å². The molecule has 0 saturated carbocycles. The third-order valence-corrected chi connectivity index (χ3v) is 3.42. The van der Waals surface area contributed by atoms with Gasteiger partial charge in [0.05, 0.1) is 17.6 Å². The molecule has 19 heavy (non-hydrogen) atoms. The fourth-order valence-corrected chi connectivity index (χ4v) is 2.24. The first-order valence-electron chi connectivity index (χ1n) is 5.55. The molecule has 0 aromatic heterocycles. The summed E-state index contributed by atoms with van der Waals surface area (Å²) in [6, 6.07) is 4.30. The number of nitrogens with two attached hydrogens (primary N) is 2. The molecule has 0 spiro atoms. The molecular formula is C11H19N3O4S. The topological polar surface area (TPSA) is 119 Å². The summed E-state index contributed by atoms with van der Waals surface area (Å²) in [5.41, 5.74) is 6.49. The number of primary sulfonamides is 1. The number of methoxy groups -OCH3 is 1. The Labute approximate surface area is 112 Å². The van der Waals surface area contributed by atoms with Crippen LogP contribution in [-0.4, -0.2) is 46.9 Å². The Hall–Kier alpha value is -1.35. The van der Waals surface area contributed by atoms with Crippen molar-refractivity contribution in [1.82, 2.24) is 0 Å². The molecule has 108 valence electrons. The van der Waals surface area contributed by atoms with Gasteiger partial charge in [-0.25, -0.2) is 13.6 Å². The average Bonchev–Trinajstić information content (AvgIpc) is 2.27. The van der Waals surface area contributed by atoms with Gasteiger partial charge in [-0.1, -0.05) is 0 Å². The first-order chi connectivity index (χ1) is 8.74. The van der Waals surface area contributed by atoms with E-state index in [0.717, 1.165) is 0 Å². The van der Waals surface area contributed by atoms with Crippen LogP contribution in [0.4, 0.5) is 11.4 Å². The van der Waals surface area contributed by atoms with Gasteiger partial charge in [0.15, 0.2) is 0 Å². The van der Waals surface area contributed by atoms with E-state index in [1.54, 1.807) is 18.0 Å². The van der Waals surface area contributed by atoms with Crippen molar-refractivity contribution >= 4 is 21.4 Å². The number of hydrogen-bond donors (Lipinski definition) is 3. The lowest BCUT2D eigenvalue weighted by Gasteiger charge is -2.23. The zero-order valence-electron chi connectivity index (χ0n) is 10.9. The van der Waals surface area contributed by atoms with Crippen molar-refractivity contribution in [3.05, 3.63) is 18.2 Å². The number of nitrogens with zero attached hydrogens (tertiary/aromatic N) is 1. The standard InChI is InChI=1S/C11H19N3O4S/c1-14(6-10(15)7-18-2)9-3-8(12)4-11(5-9)19(13,16)17/h3-5,10,15H,6-7,12H2,1-2H3,(H2,13,16,17). The van der Waals surface area contributed by atoms with E-state index in [9.17, 15) is 13.5 Å². The summed E-state index contributed by atoms with van der Waals surface area (Å²) < 4.78 is 27.5. The number of aliphatic hydroxyl groups excluding tert-OH is 1. The van der Waals surface area contributed by atoms with Gasteiger partial charge in [-0.2, -0.15) is 0 Å². The normalized spacial score (nSPS) is 13.3. The molecule has 1 aromatic rings. The smallest absolute Gasteiger partial charge is 0.238 e. The molecule has 0 amide bonds. The van der Waals surface area contributed by atoms with Crippen molar-refractivity contribution in [2.24, 2.45) is 5.14 Å². The molecule has 1 atom stereocenters. The van der Waals surface area contributed by atoms with Crippen LogP contribution in [0.3, 0.4) is 0 Å². The van der Waals surface area contributed by atoms with Crippen molar-refractivity contribution < 1.29 is 18.3 Å². The molecule has 0 radical (unpaired) electrons. The zero-order chi connectivity index (χ0) is 14.6. The minimum Gasteiger partial charge on any atom is -0.399 e. The number of aliphatic hydroxyl groups is 1. The Balaban J connectivity index is 2.97. The van der Waals surface area contributed by atoms with E-state index < -0.39 is 16.1 Å². The third kappa shape index (κ3) is 4.67. The maximum atomic E-state index is 11.3. The molecule has 5 N–H and O–H groups in total. The maximum absolute atomic E-state index is 11.3. The van der Waals surface area contributed by atoms with Gasteiger partial charge in [0.2, 0.25) is 10.0 Å². The highest BCUT2D eigenvalue weighted by Crippen LogP contribution is 2.22. The summed E-state index contributed by atoms with van der Waals surface area (Å²) in [4.78, 5) is 1.62. The van der Waals surface area contributed by atoms with Gasteiger partial charge in [0.1, 0.15) is 0 Å². The monoisotopic (exact) mass is 289 g/mol. The number of likely N-dealkylation sites (N-methyl/N-ethyl adjacent to an activating group) is 1. The van der Waals surface area contributed by atoms with Crippen LogP contribution < -0.4 is 15.8 Å². The molecule has 0 heterocycles. The zero-order valence-corrected chi connectivity index (χ0v) is 11.7. The van der Waals surface area contributed by atoms with Gasteiger partial charge >= 0.3 is 0 Å². The van der Waals surface area contributed by atoms with E-state index in [1.807, 2.05) is 0 Å². The number of rotatable bonds is 6. The van der Waals surface area contributed by atoms with Crippen LogP contribution in [0.2, 0.25) is 0 Å². The number of nitrogen functional groups attached to an aromatic ring is 1. The predicted molar refractivity (Wildman–Crippen MR) is 73.4 cm³/mol. The number of ether oxygens (including phenoxy) is 1. The lowest BCUT2D eigenvalue weighted by atomic mass is 10.2. The fourth-order valence-electron chi connectivity index (χ4n) is 1.66. The van der Waals surface area contributed by atoms with Crippen molar-refractivity contribution in [2.75, 3.05) is 37.9 Å². The summed E-state index contributed by atoms with van der Waals surface area (Å²) >= 11 is 0. The van der Waals surface area contributed by atoms with Gasteiger partial charge in [-0.3, -0.25) is 0 Å². The quantitative estimate of drug-likeness (QED) is 0.599. The second kappa shape index (κ2) is 6.20. The molecule has 0 aliphatic rings. The van der Waals surface area contributed by atoms with Crippen molar-refractivity contribution in [3.8, 4) is 0 Å². The van der Waals surface area contributed by atoms with Gasteiger partial charge in [-0.15, -0.1) is 0 Å². The number of benzene rings is 1. The van der Waals surface area contributed by atoms with Crippen LogP contribution in [0.25, 0.3) is 0 Å². The molecule has 0 aliphatic carbocycles. The first-order valence-corrected chi connectivity index (χ1v) is 7.10. The van der Waals surface area contributed by atoms with Crippen LogP contribution in [-0.2, 0) is 14.8 Å². The molecule has 0 saturated heterocycles. The highest BCUT2D eigenvalue weighted by Gasteiger charge is 2.14. The summed E-state index contributed by atoms with van der Waals surface area (Å²) in [6.45, 7) is 0.468. The largest absolute Gasteiger partial charge is 0.399 e. The molecule has 1 unspecified atom stereocenters. The highest BCUT2D eigenvalue weighted by atomic mass is 32.2. The third-order valence-electron chi connectivity index (χ3n) is 2.53. The first kappa shape index (κ1) is 15.7. The van der Waals surface area contributed by atoms with Crippen LogP contribution in [0.1, 0.15) is 0 Å². The molecule has 7 nitrogen and oxygen atoms in total. The van der Waals surface area contributed by atoms with E-state index in [0.29, 0.717) is 5.69 Å². The van der Waals surface area contributed by atoms with E-state index in [2.05, 4.69) is 0 Å². The van der Waals surface area contributed by atoms with E-state index >= 15 is 0 Å². The number of anilines is 2. The van der Waals surface area contributed by atoms with E-state index in [4.69, 9.17) is 15.6 Å². The average molecular weight is 289 g/mol. The fraction of sp³-hybridized carbons (Fsp3) is 0.455. The predicted octanol–water partition coefficient (Wildman–Crippen LogP) is -0.640. The summed E-state index contributed by atoms with van der Waals surface area (Å²) in [6.07, 6.45) is -0.686. The lowest BCUT2D eigenvalue weighted by Crippen LogP contribution is -2.32. The Kier molecular flexibility index (Phi) is 5.12. The Morgan fingerprint density at radius 3 is 2.58 bits per heavy atom. The van der Waals surface area contributed by atoms with Crippen molar-refractivity contribution in [3.63, 3.8) is 0 Å². The second-order valence-corrected chi connectivity index (χ2v) is 5.86. The summed E-state index contributed by atoms with van der Waals surface area (Å²) in [7, 11) is -0.616. The lowest BCUT2D eigenvalue weighted by molar-refractivity contribution is 0.0695. The molecular weight excluding hydrogens is 270 g/mol. The second-order valence-electron chi connectivity index (χ2n) is 4.29. The Bertz CT molecular complexity index is 533. The SMILES string of the molecule is COCC(O)CN(C)c1cc(N)cc(S(N)(=O)=O)c1. The minimum absolute atomic E-state index is 0.0596. The highest BCUT2D eigenvalue weighted by molar-refractivity contribution is 7.89. The summed E-state index contributed by atoms with van der Waals surface area (Å²) in [5, 5.41) is 14.7. The molecule has 1 aromatic carbocycles. The van der Waals surface area contributed by atoms with Crippen LogP contribution in [0, 0.1) is 0 Å². The van der Waals surface area contributed by atoms with E-state index in [1.165, 1.54) is 19.2 Å². The van der Waals surface area contributed by atoms with Crippen molar-refractivity contribution in [2.45, 2.75) is 11.0 Å². The minimum atomic E-state index is -3.81. The maximum Gasteiger partial charge on any atom is 0.238 e. The molecule has 0 aliphatic heterocycles. The van der Waals surface area contributed by atoms with Crippen LogP contribution >= 0.6 is 0 Å². The van der Waals surface area contributed by atoms with Gasteiger partial charge in [0.25, 0.3) is 0 Å². The number of hydrogen-bond acceptors (Lipinski definition) is 6. The Morgan fingerprint density at radius 1 is 1.42 bits per heavy atom. The van der Waals surface area contributed by atoms with Crippen LogP contribution in [0.15, 0.2) is 23.1 Å². The van der Waals surface area contributed by atoms with Crippen molar-refractivity contribution in [1.29, 1.82) is 0 Å². The Morgan fingerprint density at radius 2 is 2.05 bits per heavy atom. The molecule has 8 heteroatoms. The van der Waals surface area contributed by atoms with E-state index in [-0.39, 0.29) is 23.7 Å². The summed E-state index contributed by atoms with van der Waals surface area (Å²) in [5.74, 6) is 0. The number of sulfonamides is 1. The molecule has 0 fully saturated rings. The molecule has 1 rings (SSSR count). The molecule has 0 bridgehead atoms. The van der Waals surface area contributed by atoms with Gasteiger partial charge < -0.3 is 20.5 Å².